The van der Waals surface area contributed by atoms with Crippen molar-refractivity contribution in [3.05, 3.63) is 35.5 Å². The smallest absolute Gasteiger partial charge is 0.0781 e. The molecule has 1 heterocycles. The van der Waals surface area contributed by atoms with Gasteiger partial charge in [0.2, 0.25) is 0 Å². The highest BCUT2D eigenvalue weighted by molar-refractivity contribution is 5.93. The zero-order chi connectivity index (χ0) is 12.3. The Morgan fingerprint density at radius 2 is 2.18 bits per heavy atom. The van der Waals surface area contributed by atoms with Crippen LogP contribution in [0, 0.1) is 0 Å². The molecule has 1 aromatic heterocycles. The molecule has 3 heteroatoms. The van der Waals surface area contributed by atoms with Crippen molar-refractivity contribution in [1.29, 1.82) is 0 Å². The van der Waals surface area contributed by atoms with Crippen LogP contribution < -0.4 is 5.32 Å². The lowest BCUT2D eigenvalue weighted by molar-refractivity contribution is 0.186. The molecular weight excluding hydrogens is 212 g/mol. The summed E-state index contributed by atoms with van der Waals surface area (Å²) in [6, 6.07) is 8.31. The number of hydrogen-bond donors (Lipinski definition) is 1. The molecule has 0 aliphatic heterocycles. The third-order valence-corrected chi connectivity index (χ3v) is 2.91. The molecule has 1 aromatic carbocycles. The van der Waals surface area contributed by atoms with Crippen LogP contribution in [0.15, 0.2) is 24.3 Å². The fraction of sp³-hybridized carbons (Fsp3) is 0.357. The van der Waals surface area contributed by atoms with Gasteiger partial charge in [-0.15, -0.1) is 0 Å². The largest absolute Gasteiger partial charge is 0.388 e. The summed E-state index contributed by atoms with van der Waals surface area (Å²) in [5.74, 6) is 0. The molecule has 17 heavy (non-hydrogen) atoms. The van der Waals surface area contributed by atoms with E-state index in [1.165, 1.54) is 0 Å². The number of rotatable bonds is 4. The van der Waals surface area contributed by atoms with Crippen LogP contribution in [0.4, 0.5) is 5.69 Å². The van der Waals surface area contributed by atoms with Gasteiger partial charge in [-0.25, -0.2) is 0 Å². The number of ether oxygens (including phenoxy) is 1. The quantitative estimate of drug-likeness (QED) is 0.876. The summed E-state index contributed by atoms with van der Waals surface area (Å²) in [5, 5.41) is 4.39. The second-order valence-electron chi connectivity index (χ2n) is 4.01. The second-order valence-corrected chi connectivity index (χ2v) is 4.01. The lowest BCUT2D eigenvalue weighted by atomic mass is 10.1. The lowest BCUT2D eigenvalue weighted by Crippen LogP contribution is -1.99. The summed E-state index contributed by atoms with van der Waals surface area (Å²) >= 11 is 0. The van der Waals surface area contributed by atoms with Crippen LogP contribution in [-0.2, 0) is 17.8 Å². The number of aromatic nitrogens is 1. The van der Waals surface area contributed by atoms with Crippen LogP contribution in [0.1, 0.15) is 18.2 Å². The molecule has 0 aliphatic rings. The third kappa shape index (κ3) is 2.24. The Kier molecular flexibility index (Phi) is 3.59. The Bertz CT molecular complexity index is 523. The SMILES string of the molecule is CCc1cc(NC)c2cccc(COC)c2n1. The Hall–Kier alpha value is -1.61. The lowest BCUT2D eigenvalue weighted by Gasteiger charge is -2.11. The molecule has 0 fully saturated rings. The van der Waals surface area contributed by atoms with Crippen molar-refractivity contribution >= 4 is 16.6 Å². The van der Waals surface area contributed by atoms with E-state index in [0.29, 0.717) is 6.61 Å². The molecule has 0 radical (unpaired) electrons. The summed E-state index contributed by atoms with van der Waals surface area (Å²) in [6.45, 7) is 2.72. The molecule has 0 unspecified atom stereocenters. The highest BCUT2D eigenvalue weighted by Gasteiger charge is 2.07. The van der Waals surface area contributed by atoms with Gasteiger partial charge in [-0.2, -0.15) is 0 Å². The molecule has 0 amide bonds. The average Bonchev–Trinajstić information content (AvgIpc) is 2.38. The summed E-state index contributed by atoms with van der Waals surface area (Å²) in [4.78, 5) is 4.70. The van der Waals surface area contributed by atoms with Crippen LogP contribution in [0.2, 0.25) is 0 Å². The molecule has 2 aromatic rings. The van der Waals surface area contributed by atoms with Gasteiger partial charge >= 0.3 is 0 Å². The van der Waals surface area contributed by atoms with Crippen molar-refractivity contribution in [2.24, 2.45) is 0 Å². The number of nitrogens with zero attached hydrogens (tertiary/aromatic N) is 1. The van der Waals surface area contributed by atoms with Crippen LogP contribution in [-0.4, -0.2) is 19.1 Å². The standard InChI is InChI=1S/C14H18N2O/c1-4-11-8-13(15-2)12-7-5-6-10(9-17-3)14(12)16-11/h5-8H,4,9H2,1-3H3,(H,15,16). The number of aryl methyl sites for hydroxylation is 1. The van der Waals surface area contributed by atoms with Gasteiger partial charge in [-0.3, -0.25) is 4.98 Å². The molecule has 3 nitrogen and oxygen atoms in total. The van der Waals surface area contributed by atoms with Gasteiger partial charge in [0.25, 0.3) is 0 Å². The predicted octanol–water partition coefficient (Wildman–Crippen LogP) is 2.99. The molecular formula is C14H18N2O. The van der Waals surface area contributed by atoms with E-state index in [0.717, 1.165) is 34.3 Å². The molecule has 0 saturated carbocycles. The molecule has 90 valence electrons. The van der Waals surface area contributed by atoms with E-state index in [1.807, 2.05) is 13.1 Å². The first-order valence-corrected chi connectivity index (χ1v) is 5.88. The normalized spacial score (nSPS) is 10.8. The monoisotopic (exact) mass is 230 g/mol. The van der Waals surface area contributed by atoms with Crippen LogP contribution in [0.5, 0.6) is 0 Å². The average molecular weight is 230 g/mol. The summed E-state index contributed by atoms with van der Waals surface area (Å²) in [5.41, 5.74) is 4.41. The number of para-hydroxylation sites is 1. The van der Waals surface area contributed by atoms with Gasteiger partial charge < -0.3 is 10.1 Å². The minimum atomic E-state index is 0.598. The maximum Gasteiger partial charge on any atom is 0.0781 e. The first-order chi connectivity index (χ1) is 8.30. The second kappa shape index (κ2) is 5.15. The molecule has 0 spiro atoms. The van der Waals surface area contributed by atoms with Crippen molar-refractivity contribution in [3.8, 4) is 0 Å². The van der Waals surface area contributed by atoms with Gasteiger partial charge in [0.05, 0.1) is 12.1 Å². The van der Waals surface area contributed by atoms with Gasteiger partial charge in [-0.05, 0) is 12.5 Å². The molecule has 0 saturated heterocycles. The number of benzene rings is 1. The molecule has 2 rings (SSSR count). The van der Waals surface area contributed by atoms with E-state index in [9.17, 15) is 0 Å². The van der Waals surface area contributed by atoms with E-state index in [1.54, 1.807) is 7.11 Å². The fourth-order valence-corrected chi connectivity index (χ4v) is 2.02. The molecule has 0 bridgehead atoms. The van der Waals surface area contributed by atoms with Crippen molar-refractivity contribution in [1.82, 2.24) is 4.98 Å². The Morgan fingerprint density at radius 3 is 2.82 bits per heavy atom. The Morgan fingerprint density at radius 1 is 1.35 bits per heavy atom. The van der Waals surface area contributed by atoms with E-state index in [4.69, 9.17) is 9.72 Å². The van der Waals surface area contributed by atoms with Gasteiger partial charge in [-0.1, -0.05) is 25.1 Å². The summed E-state index contributed by atoms with van der Waals surface area (Å²) < 4.78 is 5.22. The predicted molar refractivity (Wildman–Crippen MR) is 71.4 cm³/mol. The zero-order valence-corrected chi connectivity index (χ0v) is 10.6. The van der Waals surface area contributed by atoms with E-state index >= 15 is 0 Å². The van der Waals surface area contributed by atoms with E-state index in [2.05, 4.69) is 30.4 Å². The van der Waals surface area contributed by atoms with E-state index in [-0.39, 0.29) is 0 Å². The van der Waals surface area contributed by atoms with Gasteiger partial charge in [0, 0.05) is 36.5 Å². The van der Waals surface area contributed by atoms with Crippen LogP contribution >= 0.6 is 0 Å². The number of anilines is 1. The number of hydrogen-bond acceptors (Lipinski definition) is 3. The van der Waals surface area contributed by atoms with Gasteiger partial charge in [0.15, 0.2) is 0 Å². The maximum absolute atomic E-state index is 5.22. The zero-order valence-electron chi connectivity index (χ0n) is 10.6. The minimum Gasteiger partial charge on any atom is -0.388 e. The number of methoxy groups -OCH3 is 1. The number of nitrogens with one attached hydrogen (secondary N) is 1. The van der Waals surface area contributed by atoms with Crippen molar-refractivity contribution in [3.63, 3.8) is 0 Å². The van der Waals surface area contributed by atoms with Crippen molar-refractivity contribution < 1.29 is 4.74 Å². The first-order valence-electron chi connectivity index (χ1n) is 5.88. The fourth-order valence-electron chi connectivity index (χ4n) is 2.02. The highest BCUT2D eigenvalue weighted by atomic mass is 16.5. The number of fused-ring (bicyclic) bond motifs is 1. The molecule has 0 aliphatic carbocycles. The maximum atomic E-state index is 5.22. The number of pyridine rings is 1. The summed E-state index contributed by atoms with van der Waals surface area (Å²) in [6.07, 6.45) is 0.936. The van der Waals surface area contributed by atoms with Crippen LogP contribution in [0.3, 0.4) is 0 Å². The Labute approximate surface area is 102 Å². The van der Waals surface area contributed by atoms with Crippen LogP contribution in [0.25, 0.3) is 10.9 Å². The van der Waals surface area contributed by atoms with E-state index < -0.39 is 0 Å². The minimum absolute atomic E-state index is 0.598. The topological polar surface area (TPSA) is 34.1 Å². The molecule has 1 N–H and O–H groups in total. The molecule has 0 atom stereocenters. The Balaban J connectivity index is 2.70. The van der Waals surface area contributed by atoms with Crippen molar-refractivity contribution in [2.75, 3.05) is 19.5 Å². The first kappa shape index (κ1) is 11.9. The van der Waals surface area contributed by atoms with Gasteiger partial charge in [0.1, 0.15) is 0 Å². The van der Waals surface area contributed by atoms with Crippen molar-refractivity contribution in [2.45, 2.75) is 20.0 Å². The highest BCUT2D eigenvalue weighted by Crippen LogP contribution is 2.26. The summed E-state index contributed by atoms with van der Waals surface area (Å²) in [7, 11) is 3.65. The third-order valence-electron chi connectivity index (χ3n) is 2.91.